The quantitative estimate of drug-likeness (QED) is 0.673. The lowest BCUT2D eigenvalue weighted by Crippen LogP contribution is -2.20. The zero-order valence-electron chi connectivity index (χ0n) is 11.6. The molecule has 18 heavy (non-hydrogen) atoms. The number of hydrogen-bond donors (Lipinski definition) is 1. The summed E-state index contributed by atoms with van der Waals surface area (Å²) >= 11 is 0. The molecule has 0 atom stereocenters. The molecular weight excluding hydrogens is 228 g/mol. The molecule has 0 heterocycles. The van der Waals surface area contributed by atoms with E-state index < -0.39 is 0 Å². The number of methoxy groups -OCH3 is 1. The molecule has 1 N–H and O–H groups in total. The lowest BCUT2D eigenvalue weighted by Gasteiger charge is -2.12. The highest BCUT2D eigenvalue weighted by Crippen LogP contribution is 2.13. The summed E-state index contributed by atoms with van der Waals surface area (Å²) in [6.07, 6.45) is 0. The van der Waals surface area contributed by atoms with Gasteiger partial charge in [-0.3, -0.25) is 0 Å². The molecular formula is C14H24N2O2. The molecule has 0 saturated heterocycles. The number of likely N-dealkylation sites (N-methyl/N-ethyl adjacent to an activating group) is 1. The van der Waals surface area contributed by atoms with Gasteiger partial charge in [-0.05, 0) is 31.8 Å². The van der Waals surface area contributed by atoms with Crippen LogP contribution in [0, 0.1) is 0 Å². The zero-order valence-corrected chi connectivity index (χ0v) is 11.6. The molecule has 0 saturated carbocycles. The molecule has 4 heteroatoms. The van der Waals surface area contributed by atoms with E-state index in [0.717, 1.165) is 32.0 Å². The standard InChI is InChI=1S/C14H24N2O2/c1-16(2)8-10-18-14-6-4-5-13(11-14)12-15-7-9-17-3/h4-6,11,15H,7-10,12H2,1-3H3. The topological polar surface area (TPSA) is 33.7 Å². The summed E-state index contributed by atoms with van der Waals surface area (Å²) in [6, 6.07) is 8.20. The summed E-state index contributed by atoms with van der Waals surface area (Å²) in [5.41, 5.74) is 1.23. The van der Waals surface area contributed by atoms with Gasteiger partial charge in [-0.15, -0.1) is 0 Å². The van der Waals surface area contributed by atoms with Crippen LogP contribution in [0.1, 0.15) is 5.56 Å². The highest BCUT2D eigenvalue weighted by molar-refractivity contribution is 5.28. The molecule has 102 valence electrons. The molecule has 0 unspecified atom stereocenters. The van der Waals surface area contributed by atoms with Crippen molar-refractivity contribution in [2.24, 2.45) is 0 Å². The van der Waals surface area contributed by atoms with Crippen LogP contribution in [0.3, 0.4) is 0 Å². The van der Waals surface area contributed by atoms with Crippen LogP contribution in [0.2, 0.25) is 0 Å². The van der Waals surface area contributed by atoms with Crippen LogP contribution in [-0.4, -0.2) is 52.4 Å². The van der Waals surface area contributed by atoms with Crippen molar-refractivity contribution < 1.29 is 9.47 Å². The molecule has 0 spiro atoms. The fourth-order valence-corrected chi connectivity index (χ4v) is 1.50. The lowest BCUT2D eigenvalue weighted by atomic mass is 10.2. The molecule has 1 aromatic carbocycles. The van der Waals surface area contributed by atoms with Crippen LogP contribution < -0.4 is 10.1 Å². The third-order valence-corrected chi connectivity index (χ3v) is 2.52. The molecule has 0 aliphatic carbocycles. The maximum Gasteiger partial charge on any atom is 0.119 e. The van der Waals surface area contributed by atoms with Gasteiger partial charge in [-0.25, -0.2) is 0 Å². The van der Waals surface area contributed by atoms with Crippen molar-refractivity contribution in [3.8, 4) is 5.75 Å². The Labute approximate surface area is 110 Å². The van der Waals surface area contributed by atoms with Gasteiger partial charge in [0.1, 0.15) is 12.4 Å². The SMILES string of the molecule is COCCNCc1cccc(OCCN(C)C)c1. The van der Waals surface area contributed by atoms with Crippen LogP contribution in [0.4, 0.5) is 0 Å². The molecule has 4 nitrogen and oxygen atoms in total. The Kier molecular flexibility index (Phi) is 7.41. The van der Waals surface area contributed by atoms with E-state index in [1.807, 2.05) is 26.2 Å². The Balaban J connectivity index is 2.32. The largest absolute Gasteiger partial charge is 0.492 e. The van der Waals surface area contributed by atoms with Crippen molar-refractivity contribution in [3.05, 3.63) is 29.8 Å². The number of hydrogen-bond acceptors (Lipinski definition) is 4. The fourth-order valence-electron chi connectivity index (χ4n) is 1.50. The first-order chi connectivity index (χ1) is 8.72. The van der Waals surface area contributed by atoms with Gasteiger partial charge in [0.25, 0.3) is 0 Å². The van der Waals surface area contributed by atoms with Gasteiger partial charge in [0.05, 0.1) is 6.61 Å². The molecule has 0 fully saturated rings. The second-order valence-corrected chi connectivity index (χ2v) is 4.47. The van der Waals surface area contributed by atoms with E-state index in [9.17, 15) is 0 Å². The smallest absolute Gasteiger partial charge is 0.119 e. The van der Waals surface area contributed by atoms with Gasteiger partial charge < -0.3 is 19.7 Å². The second kappa shape index (κ2) is 8.91. The minimum absolute atomic E-state index is 0.716. The average molecular weight is 252 g/mol. The highest BCUT2D eigenvalue weighted by atomic mass is 16.5. The molecule has 0 aliphatic heterocycles. The molecule has 0 radical (unpaired) electrons. The van der Waals surface area contributed by atoms with Gasteiger partial charge >= 0.3 is 0 Å². The van der Waals surface area contributed by atoms with E-state index in [4.69, 9.17) is 9.47 Å². The summed E-state index contributed by atoms with van der Waals surface area (Å²) in [5.74, 6) is 0.933. The van der Waals surface area contributed by atoms with Gasteiger partial charge in [0, 0.05) is 26.7 Å². The first kappa shape index (κ1) is 15.0. The van der Waals surface area contributed by atoms with Crippen LogP contribution in [0.15, 0.2) is 24.3 Å². The lowest BCUT2D eigenvalue weighted by molar-refractivity contribution is 0.199. The molecule has 0 amide bonds. The highest BCUT2D eigenvalue weighted by Gasteiger charge is 1.98. The number of nitrogens with zero attached hydrogens (tertiary/aromatic N) is 1. The van der Waals surface area contributed by atoms with Gasteiger partial charge in [0.2, 0.25) is 0 Å². The third kappa shape index (κ3) is 6.59. The van der Waals surface area contributed by atoms with Crippen LogP contribution >= 0.6 is 0 Å². The number of ether oxygens (including phenoxy) is 2. The fraction of sp³-hybridized carbons (Fsp3) is 0.571. The van der Waals surface area contributed by atoms with Gasteiger partial charge in [-0.1, -0.05) is 12.1 Å². The molecule has 1 aromatic rings. The van der Waals surface area contributed by atoms with Crippen molar-refractivity contribution in [1.82, 2.24) is 10.2 Å². The molecule has 0 aromatic heterocycles. The minimum atomic E-state index is 0.716. The van der Waals surface area contributed by atoms with Crippen LogP contribution in [0.25, 0.3) is 0 Å². The number of benzene rings is 1. The minimum Gasteiger partial charge on any atom is -0.492 e. The van der Waals surface area contributed by atoms with E-state index >= 15 is 0 Å². The summed E-state index contributed by atoms with van der Waals surface area (Å²) in [6.45, 7) is 4.08. The Bertz CT molecular complexity index is 329. The van der Waals surface area contributed by atoms with E-state index in [2.05, 4.69) is 22.3 Å². The van der Waals surface area contributed by atoms with E-state index in [-0.39, 0.29) is 0 Å². The monoisotopic (exact) mass is 252 g/mol. The maximum absolute atomic E-state index is 5.69. The molecule has 1 rings (SSSR count). The van der Waals surface area contributed by atoms with Crippen molar-refractivity contribution in [3.63, 3.8) is 0 Å². The van der Waals surface area contributed by atoms with Crippen LogP contribution in [0.5, 0.6) is 5.75 Å². The van der Waals surface area contributed by atoms with Crippen LogP contribution in [-0.2, 0) is 11.3 Å². The zero-order chi connectivity index (χ0) is 13.2. The molecule has 0 bridgehead atoms. The van der Waals surface area contributed by atoms with E-state index in [0.29, 0.717) is 6.61 Å². The molecule has 0 aliphatic rings. The summed E-state index contributed by atoms with van der Waals surface area (Å²) in [4.78, 5) is 2.11. The van der Waals surface area contributed by atoms with Crippen molar-refractivity contribution in [2.45, 2.75) is 6.54 Å². The first-order valence-electron chi connectivity index (χ1n) is 6.28. The normalized spacial score (nSPS) is 10.9. The average Bonchev–Trinajstić information content (AvgIpc) is 2.35. The summed E-state index contributed by atoms with van der Waals surface area (Å²) in [7, 11) is 5.79. The second-order valence-electron chi connectivity index (χ2n) is 4.47. The maximum atomic E-state index is 5.69. The number of rotatable bonds is 9. The number of nitrogens with one attached hydrogen (secondary N) is 1. The third-order valence-electron chi connectivity index (χ3n) is 2.52. The van der Waals surface area contributed by atoms with Crippen molar-refractivity contribution >= 4 is 0 Å². The Morgan fingerprint density at radius 3 is 2.78 bits per heavy atom. The summed E-state index contributed by atoms with van der Waals surface area (Å²) in [5, 5.41) is 3.32. The van der Waals surface area contributed by atoms with E-state index in [1.54, 1.807) is 7.11 Å². The Morgan fingerprint density at radius 1 is 1.22 bits per heavy atom. The van der Waals surface area contributed by atoms with Gasteiger partial charge in [0.15, 0.2) is 0 Å². The predicted molar refractivity (Wildman–Crippen MR) is 74.1 cm³/mol. The Morgan fingerprint density at radius 2 is 2.06 bits per heavy atom. The summed E-state index contributed by atoms with van der Waals surface area (Å²) < 4.78 is 10.7. The van der Waals surface area contributed by atoms with Gasteiger partial charge in [-0.2, -0.15) is 0 Å². The predicted octanol–water partition coefficient (Wildman–Crippen LogP) is 1.36. The van der Waals surface area contributed by atoms with Crippen molar-refractivity contribution in [1.29, 1.82) is 0 Å². The van der Waals surface area contributed by atoms with E-state index in [1.165, 1.54) is 5.56 Å². The van der Waals surface area contributed by atoms with Crippen molar-refractivity contribution in [2.75, 3.05) is 47.5 Å². The first-order valence-corrected chi connectivity index (χ1v) is 6.28. The Hall–Kier alpha value is -1.10.